The molecule has 100 valence electrons. The standard InChI is InChI=1S/C17H21NO/c1-13-7-8-14(2)16(9-13)12-19-17-6-4-5-15(10-17)11-18-3/h4-10,18H,11-12H2,1-3H3. The van der Waals surface area contributed by atoms with Crippen LogP contribution < -0.4 is 10.1 Å². The summed E-state index contributed by atoms with van der Waals surface area (Å²) >= 11 is 0. The van der Waals surface area contributed by atoms with Crippen molar-refractivity contribution in [3.63, 3.8) is 0 Å². The van der Waals surface area contributed by atoms with Gasteiger partial charge in [0.05, 0.1) is 0 Å². The van der Waals surface area contributed by atoms with Crippen LogP contribution in [0.25, 0.3) is 0 Å². The fourth-order valence-electron chi connectivity index (χ4n) is 2.07. The number of ether oxygens (including phenoxy) is 1. The van der Waals surface area contributed by atoms with Crippen LogP contribution in [-0.4, -0.2) is 7.05 Å². The van der Waals surface area contributed by atoms with Gasteiger partial charge in [-0.3, -0.25) is 0 Å². The molecule has 2 nitrogen and oxygen atoms in total. The molecule has 0 aliphatic rings. The lowest BCUT2D eigenvalue weighted by molar-refractivity contribution is 0.305. The van der Waals surface area contributed by atoms with Crippen LogP contribution in [0.3, 0.4) is 0 Å². The van der Waals surface area contributed by atoms with Crippen LogP contribution in [0.4, 0.5) is 0 Å². The third kappa shape index (κ3) is 3.83. The topological polar surface area (TPSA) is 21.3 Å². The molecule has 2 aromatic rings. The Kier molecular flexibility index (Phi) is 4.58. The predicted octanol–water partition coefficient (Wildman–Crippen LogP) is 3.60. The monoisotopic (exact) mass is 255 g/mol. The lowest BCUT2D eigenvalue weighted by Crippen LogP contribution is -2.05. The average molecular weight is 255 g/mol. The van der Waals surface area contributed by atoms with E-state index in [9.17, 15) is 0 Å². The van der Waals surface area contributed by atoms with E-state index in [-0.39, 0.29) is 0 Å². The highest BCUT2D eigenvalue weighted by Crippen LogP contribution is 2.17. The summed E-state index contributed by atoms with van der Waals surface area (Å²) in [4.78, 5) is 0. The van der Waals surface area contributed by atoms with E-state index in [1.807, 2.05) is 19.2 Å². The number of hydrogen-bond donors (Lipinski definition) is 1. The van der Waals surface area contributed by atoms with Crippen LogP contribution in [0, 0.1) is 13.8 Å². The number of nitrogens with one attached hydrogen (secondary N) is 1. The molecule has 1 N–H and O–H groups in total. The molecule has 0 saturated carbocycles. The van der Waals surface area contributed by atoms with Crippen molar-refractivity contribution in [3.05, 3.63) is 64.7 Å². The highest BCUT2D eigenvalue weighted by Gasteiger charge is 2.01. The molecular formula is C17H21NO. The zero-order valence-corrected chi connectivity index (χ0v) is 11.9. The molecule has 0 aliphatic heterocycles. The van der Waals surface area contributed by atoms with Crippen LogP contribution in [0.15, 0.2) is 42.5 Å². The number of benzene rings is 2. The normalized spacial score (nSPS) is 10.5. The van der Waals surface area contributed by atoms with E-state index in [0.29, 0.717) is 6.61 Å². The van der Waals surface area contributed by atoms with Crippen molar-refractivity contribution >= 4 is 0 Å². The van der Waals surface area contributed by atoms with Gasteiger partial charge >= 0.3 is 0 Å². The Morgan fingerprint density at radius 1 is 1.05 bits per heavy atom. The second-order valence-electron chi connectivity index (χ2n) is 4.90. The van der Waals surface area contributed by atoms with Gasteiger partial charge in [0.15, 0.2) is 0 Å². The number of aryl methyl sites for hydroxylation is 2. The molecule has 0 radical (unpaired) electrons. The molecule has 0 unspecified atom stereocenters. The van der Waals surface area contributed by atoms with E-state index in [1.165, 1.54) is 22.3 Å². The summed E-state index contributed by atoms with van der Waals surface area (Å²) in [6, 6.07) is 14.7. The van der Waals surface area contributed by atoms with Gasteiger partial charge in [0, 0.05) is 6.54 Å². The van der Waals surface area contributed by atoms with Crippen LogP contribution >= 0.6 is 0 Å². The Bertz CT molecular complexity index is 549. The van der Waals surface area contributed by atoms with Gasteiger partial charge in [-0.1, -0.05) is 35.9 Å². The first-order chi connectivity index (χ1) is 9.19. The lowest BCUT2D eigenvalue weighted by atomic mass is 10.1. The molecule has 19 heavy (non-hydrogen) atoms. The van der Waals surface area contributed by atoms with Gasteiger partial charge in [-0.25, -0.2) is 0 Å². The van der Waals surface area contributed by atoms with Crippen molar-refractivity contribution in [2.75, 3.05) is 7.05 Å². The maximum absolute atomic E-state index is 5.89. The van der Waals surface area contributed by atoms with E-state index >= 15 is 0 Å². The third-order valence-corrected chi connectivity index (χ3v) is 3.18. The highest BCUT2D eigenvalue weighted by molar-refractivity contribution is 5.32. The molecule has 0 amide bonds. The van der Waals surface area contributed by atoms with Crippen molar-refractivity contribution in [1.82, 2.24) is 5.32 Å². The van der Waals surface area contributed by atoms with Gasteiger partial charge in [-0.05, 0) is 49.7 Å². The second kappa shape index (κ2) is 6.39. The fraction of sp³-hybridized carbons (Fsp3) is 0.294. The highest BCUT2D eigenvalue weighted by atomic mass is 16.5. The van der Waals surface area contributed by atoms with Gasteiger partial charge in [0.2, 0.25) is 0 Å². The molecule has 0 heterocycles. The molecular weight excluding hydrogens is 234 g/mol. The van der Waals surface area contributed by atoms with Crippen molar-refractivity contribution in [1.29, 1.82) is 0 Å². The van der Waals surface area contributed by atoms with Gasteiger partial charge in [0.25, 0.3) is 0 Å². The minimum atomic E-state index is 0.622. The Morgan fingerprint density at radius 2 is 1.89 bits per heavy atom. The maximum atomic E-state index is 5.89. The molecule has 2 rings (SSSR count). The fourth-order valence-corrected chi connectivity index (χ4v) is 2.07. The maximum Gasteiger partial charge on any atom is 0.120 e. The average Bonchev–Trinajstić information content (AvgIpc) is 2.41. The first-order valence-electron chi connectivity index (χ1n) is 6.61. The summed E-state index contributed by atoms with van der Waals surface area (Å²) in [5.74, 6) is 0.925. The molecule has 2 heteroatoms. The van der Waals surface area contributed by atoms with E-state index in [2.05, 4.69) is 49.5 Å². The second-order valence-corrected chi connectivity index (χ2v) is 4.90. The summed E-state index contributed by atoms with van der Waals surface area (Å²) in [5.41, 5.74) is 5.03. The predicted molar refractivity (Wildman–Crippen MR) is 79.5 cm³/mol. The van der Waals surface area contributed by atoms with Gasteiger partial charge in [-0.15, -0.1) is 0 Å². The van der Waals surface area contributed by atoms with E-state index in [4.69, 9.17) is 4.74 Å². The van der Waals surface area contributed by atoms with Gasteiger partial charge < -0.3 is 10.1 Å². The van der Waals surface area contributed by atoms with Crippen molar-refractivity contribution in [2.45, 2.75) is 27.0 Å². The summed E-state index contributed by atoms with van der Waals surface area (Å²) in [5, 5.41) is 3.15. The molecule has 0 saturated heterocycles. The van der Waals surface area contributed by atoms with E-state index in [0.717, 1.165) is 12.3 Å². The van der Waals surface area contributed by atoms with Crippen molar-refractivity contribution < 1.29 is 4.74 Å². The molecule has 0 aromatic heterocycles. The summed E-state index contributed by atoms with van der Waals surface area (Å²) in [6.45, 7) is 5.71. The third-order valence-electron chi connectivity index (χ3n) is 3.18. The number of hydrogen-bond acceptors (Lipinski definition) is 2. The smallest absolute Gasteiger partial charge is 0.120 e. The van der Waals surface area contributed by atoms with E-state index in [1.54, 1.807) is 0 Å². The first-order valence-corrected chi connectivity index (χ1v) is 6.61. The Morgan fingerprint density at radius 3 is 2.68 bits per heavy atom. The van der Waals surface area contributed by atoms with Crippen LogP contribution in [-0.2, 0) is 13.2 Å². The van der Waals surface area contributed by atoms with E-state index < -0.39 is 0 Å². The summed E-state index contributed by atoms with van der Waals surface area (Å²) in [6.07, 6.45) is 0. The zero-order chi connectivity index (χ0) is 13.7. The first kappa shape index (κ1) is 13.6. The minimum Gasteiger partial charge on any atom is -0.489 e. The molecule has 0 aliphatic carbocycles. The molecule has 2 aromatic carbocycles. The number of rotatable bonds is 5. The van der Waals surface area contributed by atoms with Gasteiger partial charge in [0.1, 0.15) is 12.4 Å². The minimum absolute atomic E-state index is 0.622. The van der Waals surface area contributed by atoms with Crippen molar-refractivity contribution in [3.8, 4) is 5.75 Å². The molecule has 0 atom stereocenters. The Labute approximate surface area is 115 Å². The Hall–Kier alpha value is -1.80. The van der Waals surface area contributed by atoms with Crippen LogP contribution in [0.5, 0.6) is 5.75 Å². The SMILES string of the molecule is CNCc1cccc(OCc2cc(C)ccc2C)c1. The summed E-state index contributed by atoms with van der Waals surface area (Å²) < 4.78 is 5.89. The quantitative estimate of drug-likeness (QED) is 0.881. The molecule has 0 bridgehead atoms. The Balaban J connectivity index is 2.05. The lowest BCUT2D eigenvalue weighted by Gasteiger charge is -2.10. The van der Waals surface area contributed by atoms with Gasteiger partial charge in [-0.2, -0.15) is 0 Å². The summed E-state index contributed by atoms with van der Waals surface area (Å²) in [7, 11) is 1.95. The largest absolute Gasteiger partial charge is 0.489 e. The molecule has 0 fully saturated rings. The van der Waals surface area contributed by atoms with Crippen LogP contribution in [0.1, 0.15) is 22.3 Å². The van der Waals surface area contributed by atoms with Crippen molar-refractivity contribution in [2.24, 2.45) is 0 Å². The molecule has 0 spiro atoms. The zero-order valence-electron chi connectivity index (χ0n) is 11.9. The van der Waals surface area contributed by atoms with Crippen LogP contribution in [0.2, 0.25) is 0 Å².